The molecular weight excluding hydrogens is 662 g/mol. The van der Waals surface area contributed by atoms with Crippen molar-refractivity contribution in [1.29, 1.82) is 0 Å². The molecule has 50 heavy (non-hydrogen) atoms. The molecule has 0 radical (unpaired) electrons. The molecule has 3 amide bonds. The largest absolute Gasteiger partial charge is 0.497 e. The molecule has 3 heterocycles. The summed E-state index contributed by atoms with van der Waals surface area (Å²) in [5.41, 5.74) is 0.396. The highest BCUT2D eigenvalue weighted by atomic mass is 32.2. The molecule has 0 unspecified atom stereocenters. The minimum Gasteiger partial charge on any atom is -0.497 e. The number of nitrogens with one attached hydrogen (secondary N) is 3. The van der Waals surface area contributed by atoms with Gasteiger partial charge < -0.3 is 29.4 Å². The summed E-state index contributed by atoms with van der Waals surface area (Å²) in [6, 6.07) is 12.9. The first-order valence-corrected chi connectivity index (χ1v) is 18.8. The topological polar surface area (TPSA) is 169 Å². The number of fused-ring (bicyclic) bond motifs is 3. The van der Waals surface area contributed by atoms with E-state index in [1.165, 1.54) is 4.90 Å². The van der Waals surface area contributed by atoms with Gasteiger partial charge in [0.2, 0.25) is 21.8 Å². The zero-order valence-corrected chi connectivity index (χ0v) is 29.0. The van der Waals surface area contributed by atoms with Gasteiger partial charge in [-0.1, -0.05) is 43.2 Å². The molecule has 14 heteroatoms. The average molecular weight is 706 g/mol. The van der Waals surface area contributed by atoms with Crippen LogP contribution in [-0.2, 0) is 24.4 Å². The smallest absolute Gasteiger partial charge is 0.394 e. The number of benzene rings is 2. The molecule has 3 N–H and O–H groups in total. The van der Waals surface area contributed by atoms with Gasteiger partial charge in [-0.05, 0) is 69.7 Å². The van der Waals surface area contributed by atoms with Crippen LogP contribution in [0.1, 0.15) is 64.7 Å². The van der Waals surface area contributed by atoms with Crippen LogP contribution in [0.3, 0.4) is 0 Å². The highest BCUT2D eigenvalue weighted by Crippen LogP contribution is 2.47. The Hall–Kier alpha value is -4.59. The van der Waals surface area contributed by atoms with E-state index in [9.17, 15) is 22.8 Å². The van der Waals surface area contributed by atoms with Gasteiger partial charge in [-0.25, -0.2) is 8.42 Å². The Kier molecular flexibility index (Phi) is 8.99. The van der Waals surface area contributed by atoms with Crippen LogP contribution in [0.4, 0.5) is 5.69 Å². The average Bonchev–Trinajstić information content (AvgIpc) is 3.90. The van der Waals surface area contributed by atoms with Crippen molar-refractivity contribution in [1.82, 2.24) is 19.9 Å². The fraction of sp³-hybridized carbons (Fsp3) is 0.500. The van der Waals surface area contributed by atoms with Crippen LogP contribution in [0.25, 0.3) is 11.1 Å². The molecule has 0 bridgehead atoms. The molecule has 3 aromatic rings. The van der Waals surface area contributed by atoms with Gasteiger partial charge >= 0.3 is 6.08 Å². The summed E-state index contributed by atoms with van der Waals surface area (Å²) in [7, 11) is -2.37. The number of nitrogens with zero attached hydrogens (tertiary/aromatic N) is 2. The third-order valence-corrected chi connectivity index (χ3v) is 12.6. The molecule has 266 valence electrons. The SMILES string of the molecule is COc1cccc(N[C@H]2CCCCCC=C[C@@H]3C[C@@]3(C(=O)NS(=O)(=O)C3(C)CC3)NC(=O)[C@@H]3C[C@@H](Oc4nc5ccccc5o4)CN3C2=O)c1. The van der Waals surface area contributed by atoms with Gasteiger partial charge in [0.05, 0.1) is 18.4 Å². The number of oxazole rings is 1. The molecule has 2 aliphatic carbocycles. The van der Waals surface area contributed by atoms with Crippen molar-refractivity contribution < 1.29 is 36.7 Å². The Morgan fingerprint density at radius 1 is 1.10 bits per heavy atom. The van der Waals surface area contributed by atoms with Crippen molar-refractivity contribution in [3.63, 3.8) is 0 Å². The fourth-order valence-corrected chi connectivity index (χ4v) is 8.22. The second kappa shape index (κ2) is 13.3. The van der Waals surface area contributed by atoms with Gasteiger partial charge in [0, 0.05) is 24.1 Å². The van der Waals surface area contributed by atoms with Gasteiger partial charge in [-0.3, -0.25) is 19.1 Å². The highest BCUT2D eigenvalue weighted by molar-refractivity contribution is 7.91. The monoisotopic (exact) mass is 705 g/mol. The van der Waals surface area contributed by atoms with E-state index in [-0.39, 0.29) is 31.4 Å². The van der Waals surface area contributed by atoms with Crippen molar-refractivity contribution in [2.45, 2.75) is 93.2 Å². The molecule has 7 rings (SSSR count). The van der Waals surface area contributed by atoms with Crippen molar-refractivity contribution in [3.8, 4) is 11.8 Å². The number of anilines is 1. The number of allylic oxidation sites excluding steroid dienone is 1. The molecule has 3 fully saturated rings. The van der Waals surface area contributed by atoms with Crippen molar-refractivity contribution in [3.05, 3.63) is 60.7 Å². The number of ether oxygens (including phenoxy) is 2. The first-order valence-electron chi connectivity index (χ1n) is 17.3. The summed E-state index contributed by atoms with van der Waals surface area (Å²) >= 11 is 0. The molecule has 2 aliphatic heterocycles. The zero-order chi connectivity index (χ0) is 35.1. The van der Waals surface area contributed by atoms with Gasteiger partial charge in [-0.15, -0.1) is 0 Å². The van der Waals surface area contributed by atoms with Crippen LogP contribution in [0.5, 0.6) is 11.8 Å². The zero-order valence-electron chi connectivity index (χ0n) is 28.2. The number of para-hydroxylation sites is 2. The van der Waals surface area contributed by atoms with Crippen molar-refractivity contribution >= 4 is 44.5 Å². The van der Waals surface area contributed by atoms with E-state index < -0.39 is 56.2 Å². The van der Waals surface area contributed by atoms with Crippen LogP contribution in [0, 0.1) is 5.92 Å². The lowest BCUT2D eigenvalue weighted by molar-refractivity contribution is -0.140. The van der Waals surface area contributed by atoms with E-state index >= 15 is 0 Å². The minimum atomic E-state index is -3.95. The quantitative estimate of drug-likeness (QED) is 0.291. The van der Waals surface area contributed by atoms with E-state index in [1.807, 2.05) is 48.6 Å². The Bertz CT molecular complexity index is 1890. The van der Waals surface area contributed by atoms with Crippen LogP contribution >= 0.6 is 0 Å². The van der Waals surface area contributed by atoms with Gasteiger partial charge in [0.1, 0.15) is 35.0 Å². The number of carbonyl (C=O) groups is 3. The van der Waals surface area contributed by atoms with Crippen LogP contribution in [0.2, 0.25) is 0 Å². The van der Waals surface area contributed by atoms with Crippen LogP contribution in [0.15, 0.2) is 65.1 Å². The van der Waals surface area contributed by atoms with E-state index in [0.717, 1.165) is 25.7 Å². The standard InChI is InChI=1S/C36H43N5O8S/c1-35(17-18-35)50(45,46)40-33(44)36-21-23(36)11-6-4-3-5-7-15-28(37-24-12-10-13-25(19-24)47-2)32(43)41-22-26(20-29(41)31(42)39-36)48-34-38-27-14-8-9-16-30(27)49-34/h6,8-14,16,19,23,26,28-29,37H,3-5,7,15,17-18,20-22H2,1-2H3,(H,39,42)(H,40,44)/t23-,26-,28+,29+,36-/m1/s1. The van der Waals surface area contributed by atoms with Crippen LogP contribution < -0.4 is 24.8 Å². The normalized spacial score (nSPS) is 28.0. The number of hydrogen-bond acceptors (Lipinski definition) is 10. The summed E-state index contributed by atoms with van der Waals surface area (Å²) in [6.07, 6.45) is 8.33. The highest BCUT2D eigenvalue weighted by Gasteiger charge is 2.63. The van der Waals surface area contributed by atoms with Crippen molar-refractivity contribution in [2.24, 2.45) is 5.92 Å². The Labute approximate surface area is 291 Å². The lowest BCUT2D eigenvalue weighted by Gasteiger charge is -2.30. The number of hydrogen-bond donors (Lipinski definition) is 3. The Morgan fingerprint density at radius 3 is 2.70 bits per heavy atom. The minimum absolute atomic E-state index is 0.0277. The third-order valence-electron chi connectivity index (χ3n) is 10.4. The first kappa shape index (κ1) is 33.9. The Morgan fingerprint density at radius 2 is 1.92 bits per heavy atom. The van der Waals surface area contributed by atoms with Crippen LogP contribution in [-0.4, -0.2) is 78.2 Å². The molecule has 2 aromatic carbocycles. The van der Waals surface area contributed by atoms with E-state index in [0.29, 0.717) is 41.8 Å². The fourth-order valence-electron chi connectivity index (χ4n) is 6.90. The molecule has 0 spiro atoms. The number of aromatic nitrogens is 1. The third kappa shape index (κ3) is 6.77. The molecule has 2 saturated carbocycles. The lowest BCUT2D eigenvalue weighted by Crippen LogP contribution is -2.58. The van der Waals surface area contributed by atoms with E-state index in [2.05, 4.69) is 20.3 Å². The predicted molar refractivity (Wildman–Crippen MR) is 185 cm³/mol. The number of sulfonamides is 1. The van der Waals surface area contributed by atoms with Crippen molar-refractivity contribution in [2.75, 3.05) is 19.0 Å². The van der Waals surface area contributed by atoms with Gasteiger partial charge in [0.15, 0.2) is 5.58 Å². The first-order chi connectivity index (χ1) is 24.0. The maximum absolute atomic E-state index is 14.5. The Balaban J connectivity index is 1.18. The molecule has 5 atom stereocenters. The lowest BCUT2D eigenvalue weighted by atomic mass is 10.0. The summed E-state index contributed by atoms with van der Waals surface area (Å²) < 4.78 is 44.8. The summed E-state index contributed by atoms with van der Waals surface area (Å²) in [5.74, 6) is -1.36. The molecule has 1 saturated heterocycles. The molecular formula is C36H43N5O8S. The summed E-state index contributed by atoms with van der Waals surface area (Å²) in [5, 5.41) is 6.29. The molecule has 1 aromatic heterocycles. The molecule has 13 nitrogen and oxygen atoms in total. The molecule has 4 aliphatic rings. The summed E-state index contributed by atoms with van der Waals surface area (Å²) in [6.45, 7) is 1.68. The van der Waals surface area contributed by atoms with Gasteiger partial charge in [0.25, 0.3) is 5.91 Å². The predicted octanol–water partition coefficient (Wildman–Crippen LogP) is 4.06. The maximum Gasteiger partial charge on any atom is 0.394 e. The number of carbonyl (C=O) groups excluding carboxylic acids is 3. The van der Waals surface area contributed by atoms with Gasteiger partial charge in [-0.2, -0.15) is 4.98 Å². The maximum atomic E-state index is 14.5. The van der Waals surface area contributed by atoms with E-state index in [4.69, 9.17) is 13.9 Å². The van der Waals surface area contributed by atoms with E-state index in [1.54, 1.807) is 26.2 Å². The number of amides is 3. The second-order valence-corrected chi connectivity index (χ2v) is 16.3. The summed E-state index contributed by atoms with van der Waals surface area (Å²) in [4.78, 5) is 48.5. The number of rotatable bonds is 8. The number of methoxy groups -OCH3 is 1. The second-order valence-electron chi connectivity index (χ2n) is 14.1.